The summed E-state index contributed by atoms with van der Waals surface area (Å²) in [6.07, 6.45) is 5.97. The standard InChI is InChI=1S/C15H24N2O2/c1-4-6-7-12-8-9-14(16-10-12)15(18)17-13(5-2)11-19-3/h8-10,13H,4-7,11H2,1-3H3,(H,17,18). The second-order valence-corrected chi connectivity index (χ2v) is 4.69. The SMILES string of the molecule is CCCCc1ccc(C(=O)NC(CC)COC)nc1. The fourth-order valence-corrected chi connectivity index (χ4v) is 1.81. The molecule has 0 bridgehead atoms. The van der Waals surface area contributed by atoms with Gasteiger partial charge in [0.05, 0.1) is 12.6 Å². The van der Waals surface area contributed by atoms with E-state index in [0.717, 1.165) is 25.7 Å². The molecule has 1 amide bonds. The first-order valence-corrected chi connectivity index (χ1v) is 6.96. The van der Waals surface area contributed by atoms with E-state index in [4.69, 9.17) is 4.74 Å². The molecule has 0 radical (unpaired) electrons. The zero-order valence-corrected chi connectivity index (χ0v) is 12.1. The smallest absolute Gasteiger partial charge is 0.270 e. The van der Waals surface area contributed by atoms with Crippen LogP contribution in [0.25, 0.3) is 0 Å². The predicted molar refractivity (Wildman–Crippen MR) is 76.3 cm³/mol. The molecule has 0 saturated heterocycles. The second-order valence-electron chi connectivity index (χ2n) is 4.69. The summed E-state index contributed by atoms with van der Waals surface area (Å²) in [5, 5.41) is 2.92. The summed E-state index contributed by atoms with van der Waals surface area (Å²) >= 11 is 0. The molecule has 19 heavy (non-hydrogen) atoms. The van der Waals surface area contributed by atoms with Gasteiger partial charge in [-0.25, -0.2) is 0 Å². The van der Waals surface area contributed by atoms with Crippen LogP contribution in [0, 0.1) is 0 Å². The van der Waals surface area contributed by atoms with Crippen LogP contribution in [0.15, 0.2) is 18.3 Å². The van der Waals surface area contributed by atoms with Crippen LogP contribution in [0.5, 0.6) is 0 Å². The molecule has 0 saturated carbocycles. The number of amides is 1. The van der Waals surface area contributed by atoms with Crippen molar-refractivity contribution in [3.05, 3.63) is 29.6 Å². The molecular weight excluding hydrogens is 240 g/mol. The maximum absolute atomic E-state index is 12.0. The van der Waals surface area contributed by atoms with Gasteiger partial charge in [-0.1, -0.05) is 26.3 Å². The third kappa shape index (κ3) is 5.39. The van der Waals surface area contributed by atoms with Gasteiger partial charge in [0.2, 0.25) is 0 Å². The van der Waals surface area contributed by atoms with Gasteiger partial charge in [0.1, 0.15) is 5.69 Å². The summed E-state index contributed by atoms with van der Waals surface area (Å²) in [5.74, 6) is -0.133. The van der Waals surface area contributed by atoms with E-state index in [1.54, 1.807) is 19.4 Å². The Bertz CT molecular complexity index is 376. The van der Waals surface area contributed by atoms with Gasteiger partial charge in [-0.2, -0.15) is 0 Å². The normalized spacial score (nSPS) is 12.2. The Morgan fingerprint density at radius 1 is 1.42 bits per heavy atom. The van der Waals surface area contributed by atoms with Gasteiger partial charge in [0.15, 0.2) is 0 Å². The van der Waals surface area contributed by atoms with Crippen molar-refractivity contribution in [2.45, 2.75) is 45.6 Å². The molecule has 0 aliphatic carbocycles. The number of aromatic nitrogens is 1. The van der Waals surface area contributed by atoms with Crippen molar-refractivity contribution in [3.63, 3.8) is 0 Å². The molecule has 1 atom stereocenters. The van der Waals surface area contributed by atoms with Gasteiger partial charge in [-0.3, -0.25) is 9.78 Å². The molecule has 0 fully saturated rings. The van der Waals surface area contributed by atoms with Gasteiger partial charge >= 0.3 is 0 Å². The van der Waals surface area contributed by atoms with Crippen LogP contribution in [0.3, 0.4) is 0 Å². The molecule has 106 valence electrons. The van der Waals surface area contributed by atoms with E-state index in [9.17, 15) is 4.79 Å². The van der Waals surface area contributed by atoms with Gasteiger partial charge in [-0.15, -0.1) is 0 Å². The van der Waals surface area contributed by atoms with E-state index in [2.05, 4.69) is 17.2 Å². The lowest BCUT2D eigenvalue weighted by Crippen LogP contribution is -2.37. The average molecular weight is 264 g/mol. The Balaban J connectivity index is 2.56. The summed E-state index contributed by atoms with van der Waals surface area (Å²) in [6.45, 7) is 4.71. The molecule has 4 heteroatoms. The number of nitrogens with zero attached hydrogens (tertiary/aromatic N) is 1. The first-order chi connectivity index (χ1) is 9.21. The lowest BCUT2D eigenvalue weighted by atomic mass is 10.1. The number of aryl methyl sites for hydroxylation is 1. The molecule has 0 spiro atoms. The number of ether oxygens (including phenoxy) is 1. The van der Waals surface area contributed by atoms with E-state index in [1.165, 1.54) is 5.56 Å². The molecule has 1 N–H and O–H groups in total. The maximum Gasteiger partial charge on any atom is 0.270 e. The average Bonchev–Trinajstić information content (AvgIpc) is 2.45. The molecule has 0 aliphatic heterocycles. The van der Waals surface area contributed by atoms with Gasteiger partial charge in [0.25, 0.3) is 5.91 Å². The van der Waals surface area contributed by atoms with Crippen LogP contribution in [0.4, 0.5) is 0 Å². The Morgan fingerprint density at radius 2 is 2.21 bits per heavy atom. The molecule has 1 heterocycles. The van der Waals surface area contributed by atoms with E-state index in [-0.39, 0.29) is 11.9 Å². The first-order valence-electron chi connectivity index (χ1n) is 6.96. The fourth-order valence-electron chi connectivity index (χ4n) is 1.81. The third-order valence-electron chi connectivity index (χ3n) is 3.07. The summed E-state index contributed by atoms with van der Waals surface area (Å²) in [7, 11) is 1.63. The number of carbonyl (C=O) groups excluding carboxylic acids is 1. The number of rotatable bonds is 8. The second kappa shape index (κ2) is 8.64. The van der Waals surface area contributed by atoms with Crippen LogP contribution in [0.1, 0.15) is 49.2 Å². The third-order valence-corrected chi connectivity index (χ3v) is 3.07. The summed E-state index contributed by atoms with van der Waals surface area (Å²) in [4.78, 5) is 16.2. The Labute approximate surface area is 115 Å². The van der Waals surface area contributed by atoms with E-state index in [1.807, 2.05) is 13.0 Å². The number of nitrogens with one attached hydrogen (secondary N) is 1. The number of methoxy groups -OCH3 is 1. The minimum atomic E-state index is -0.133. The minimum Gasteiger partial charge on any atom is -0.383 e. The lowest BCUT2D eigenvalue weighted by molar-refractivity contribution is 0.0889. The van der Waals surface area contributed by atoms with Crippen molar-refractivity contribution in [2.75, 3.05) is 13.7 Å². The predicted octanol–water partition coefficient (Wildman–Crippen LogP) is 2.58. The highest BCUT2D eigenvalue weighted by Gasteiger charge is 2.12. The maximum atomic E-state index is 12.0. The van der Waals surface area contributed by atoms with Crippen molar-refractivity contribution in [3.8, 4) is 0 Å². The summed E-state index contributed by atoms with van der Waals surface area (Å²) in [6, 6.07) is 3.81. The highest BCUT2D eigenvalue weighted by atomic mass is 16.5. The van der Waals surface area contributed by atoms with Crippen LogP contribution < -0.4 is 5.32 Å². The van der Waals surface area contributed by atoms with Crippen molar-refractivity contribution >= 4 is 5.91 Å². The molecule has 1 rings (SSSR count). The van der Waals surface area contributed by atoms with Crippen LogP contribution in [0.2, 0.25) is 0 Å². The van der Waals surface area contributed by atoms with Crippen LogP contribution in [-0.4, -0.2) is 30.6 Å². The van der Waals surface area contributed by atoms with Gasteiger partial charge in [-0.05, 0) is 30.9 Å². The minimum absolute atomic E-state index is 0.0408. The van der Waals surface area contributed by atoms with Crippen molar-refractivity contribution < 1.29 is 9.53 Å². The summed E-state index contributed by atoms with van der Waals surface area (Å²) < 4.78 is 5.06. The Kier molecular flexibility index (Phi) is 7.11. The molecule has 0 aromatic carbocycles. The molecule has 4 nitrogen and oxygen atoms in total. The molecule has 0 aliphatic rings. The number of hydrogen-bond acceptors (Lipinski definition) is 3. The van der Waals surface area contributed by atoms with Crippen molar-refractivity contribution in [1.29, 1.82) is 0 Å². The molecule has 1 aromatic rings. The molecule has 1 aromatic heterocycles. The highest BCUT2D eigenvalue weighted by Crippen LogP contribution is 2.05. The monoisotopic (exact) mass is 264 g/mol. The number of pyridine rings is 1. The van der Waals surface area contributed by atoms with Gasteiger partial charge < -0.3 is 10.1 Å². The van der Waals surface area contributed by atoms with Gasteiger partial charge in [0, 0.05) is 13.3 Å². The molecular formula is C15H24N2O2. The zero-order chi connectivity index (χ0) is 14.1. The van der Waals surface area contributed by atoms with Crippen molar-refractivity contribution in [1.82, 2.24) is 10.3 Å². The Hall–Kier alpha value is -1.42. The van der Waals surface area contributed by atoms with Crippen molar-refractivity contribution in [2.24, 2.45) is 0 Å². The Morgan fingerprint density at radius 3 is 2.74 bits per heavy atom. The quantitative estimate of drug-likeness (QED) is 0.785. The van der Waals surface area contributed by atoms with Crippen LogP contribution >= 0.6 is 0 Å². The number of unbranched alkanes of at least 4 members (excludes halogenated alkanes) is 1. The topological polar surface area (TPSA) is 51.2 Å². The van der Waals surface area contributed by atoms with E-state index in [0.29, 0.717) is 12.3 Å². The lowest BCUT2D eigenvalue weighted by Gasteiger charge is -2.15. The van der Waals surface area contributed by atoms with E-state index < -0.39 is 0 Å². The molecule has 1 unspecified atom stereocenters. The number of hydrogen-bond donors (Lipinski definition) is 1. The van der Waals surface area contributed by atoms with E-state index >= 15 is 0 Å². The highest BCUT2D eigenvalue weighted by molar-refractivity contribution is 5.92. The van der Waals surface area contributed by atoms with Crippen LogP contribution in [-0.2, 0) is 11.2 Å². The largest absolute Gasteiger partial charge is 0.383 e. The first kappa shape index (κ1) is 15.6. The summed E-state index contributed by atoms with van der Waals surface area (Å²) in [5.41, 5.74) is 1.65. The number of carbonyl (C=O) groups is 1. The fraction of sp³-hybridized carbons (Fsp3) is 0.600. The zero-order valence-electron chi connectivity index (χ0n) is 12.1.